The van der Waals surface area contributed by atoms with Crippen LogP contribution in [0.5, 0.6) is 0 Å². The van der Waals surface area contributed by atoms with Crippen LogP contribution >= 0.6 is 11.3 Å². The Morgan fingerprint density at radius 3 is 2.24 bits per heavy atom. The van der Waals surface area contributed by atoms with Gasteiger partial charge in [-0.15, -0.1) is 11.3 Å². The Morgan fingerprint density at radius 1 is 1.19 bits per heavy atom. The second-order valence-electron chi connectivity index (χ2n) is 4.18. The van der Waals surface area contributed by atoms with Crippen LogP contribution in [0.3, 0.4) is 0 Å². The predicted molar refractivity (Wildman–Crippen MR) is 72.1 cm³/mol. The SMILES string of the molecule is Cc1cc(S(=O)(=O)Nc2c(F)cc(F)cc2F)sc1CO. The van der Waals surface area contributed by atoms with Crippen molar-refractivity contribution in [2.45, 2.75) is 17.7 Å². The molecule has 1 heterocycles. The smallest absolute Gasteiger partial charge is 0.271 e. The minimum atomic E-state index is -4.23. The first-order valence-corrected chi connectivity index (χ1v) is 7.92. The number of thiophene rings is 1. The van der Waals surface area contributed by atoms with E-state index >= 15 is 0 Å². The minimum absolute atomic E-state index is 0.202. The Bertz CT molecular complexity index is 764. The molecule has 0 bridgehead atoms. The standard InChI is InChI=1S/C12H10F3NO3S2/c1-6-2-11(20-10(6)5-17)21(18,19)16-12-8(14)3-7(13)4-9(12)15/h2-4,16-17H,5H2,1H3. The van der Waals surface area contributed by atoms with Crippen LogP contribution in [0.1, 0.15) is 10.4 Å². The first kappa shape index (κ1) is 15.8. The largest absolute Gasteiger partial charge is 0.391 e. The van der Waals surface area contributed by atoms with E-state index < -0.39 is 33.2 Å². The lowest BCUT2D eigenvalue weighted by Crippen LogP contribution is -2.14. The van der Waals surface area contributed by atoms with Gasteiger partial charge in [-0.2, -0.15) is 0 Å². The Morgan fingerprint density at radius 2 is 1.76 bits per heavy atom. The molecule has 2 rings (SSSR count). The lowest BCUT2D eigenvalue weighted by Gasteiger charge is -2.08. The van der Waals surface area contributed by atoms with E-state index in [1.54, 1.807) is 11.6 Å². The lowest BCUT2D eigenvalue weighted by molar-refractivity contribution is 0.285. The predicted octanol–water partition coefficient (Wildman–Crippen LogP) is 2.77. The molecule has 0 aliphatic carbocycles. The molecule has 0 aliphatic rings. The summed E-state index contributed by atoms with van der Waals surface area (Å²) >= 11 is 0.781. The molecule has 4 nitrogen and oxygen atoms in total. The summed E-state index contributed by atoms with van der Waals surface area (Å²) in [4.78, 5) is 0.426. The van der Waals surface area contributed by atoms with Crippen molar-refractivity contribution in [1.29, 1.82) is 0 Å². The van der Waals surface area contributed by atoms with Gasteiger partial charge in [0.1, 0.15) is 15.7 Å². The fraction of sp³-hybridized carbons (Fsp3) is 0.167. The average molecular weight is 337 g/mol. The molecule has 0 saturated heterocycles. The van der Waals surface area contributed by atoms with Gasteiger partial charge in [0.15, 0.2) is 11.6 Å². The first-order valence-electron chi connectivity index (χ1n) is 5.62. The molecule has 1 aromatic carbocycles. The van der Waals surface area contributed by atoms with E-state index in [9.17, 15) is 21.6 Å². The quantitative estimate of drug-likeness (QED) is 0.901. The Kier molecular flexibility index (Phi) is 4.26. The third-order valence-electron chi connectivity index (χ3n) is 2.65. The fourth-order valence-corrected chi connectivity index (χ4v) is 4.13. The maximum Gasteiger partial charge on any atom is 0.271 e. The molecule has 0 aliphatic heterocycles. The molecule has 0 fully saturated rings. The summed E-state index contributed by atoms with van der Waals surface area (Å²) in [6.07, 6.45) is 0. The number of sulfonamides is 1. The van der Waals surface area contributed by atoms with Crippen LogP contribution < -0.4 is 4.72 Å². The summed E-state index contributed by atoms with van der Waals surface area (Å²) in [5, 5.41) is 9.04. The van der Waals surface area contributed by atoms with Gasteiger partial charge in [-0.05, 0) is 18.6 Å². The third-order valence-corrected chi connectivity index (χ3v) is 5.69. The van der Waals surface area contributed by atoms with E-state index in [2.05, 4.69) is 0 Å². The monoisotopic (exact) mass is 337 g/mol. The number of aryl methyl sites for hydroxylation is 1. The molecule has 2 N–H and O–H groups in total. The van der Waals surface area contributed by atoms with Crippen LogP contribution in [0.25, 0.3) is 0 Å². The number of hydrogen-bond acceptors (Lipinski definition) is 4. The third kappa shape index (κ3) is 3.20. The van der Waals surface area contributed by atoms with E-state index in [-0.39, 0.29) is 10.8 Å². The molecular formula is C12H10F3NO3S2. The lowest BCUT2D eigenvalue weighted by atomic mass is 10.3. The number of aliphatic hydroxyl groups excluding tert-OH is 1. The van der Waals surface area contributed by atoms with E-state index in [1.807, 2.05) is 0 Å². The fourth-order valence-electron chi connectivity index (χ4n) is 1.60. The molecule has 2 aromatic rings. The van der Waals surface area contributed by atoms with Gasteiger partial charge in [0.05, 0.1) is 6.61 Å². The van der Waals surface area contributed by atoms with Crippen LogP contribution in [0.15, 0.2) is 22.4 Å². The van der Waals surface area contributed by atoms with Gasteiger partial charge in [-0.25, -0.2) is 21.6 Å². The number of aliphatic hydroxyl groups is 1. The van der Waals surface area contributed by atoms with Gasteiger partial charge in [-0.3, -0.25) is 4.72 Å². The van der Waals surface area contributed by atoms with Crippen LogP contribution in [-0.2, 0) is 16.6 Å². The second kappa shape index (κ2) is 5.66. The number of nitrogens with one attached hydrogen (secondary N) is 1. The molecule has 0 saturated carbocycles. The van der Waals surface area contributed by atoms with Gasteiger partial charge >= 0.3 is 0 Å². The average Bonchev–Trinajstić information content (AvgIpc) is 2.76. The highest BCUT2D eigenvalue weighted by Crippen LogP contribution is 2.29. The van der Waals surface area contributed by atoms with Crippen LogP contribution in [0.4, 0.5) is 18.9 Å². The summed E-state index contributed by atoms with van der Waals surface area (Å²) in [6.45, 7) is 1.26. The number of halogens is 3. The van der Waals surface area contributed by atoms with Crippen molar-refractivity contribution in [2.24, 2.45) is 0 Å². The summed E-state index contributed by atoms with van der Waals surface area (Å²) in [5.74, 6) is -3.86. The Labute approximate surface area is 122 Å². The molecule has 0 amide bonds. The number of benzene rings is 1. The molecule has 114 valence electrons. The highest BCUT2D eigenvalue weighted by atomic mass is 32.2. The Hall–Kier alpha value is -1.58. The zero-order valence-corrected chi connectivity index (χ0v) is 12.3. The second-order valence-corrected chi connectivity index (χ2v) is 7.23. The number of rotatable bonds is 4. The summed E-state index contributed by atoms with van der Waals surface area (Å²) in [5.41, 5.74) is -0.407. The van der Waals surface area contributed by atoms with Gasteiger partial charge in [-0.1, -0.05) is 0 Å². The van der Waals surface area contributed by atoms with Crippen molar-refractivity contribution in [3.05, 3.63) is 46.1 Å². The zero-order chi connectivity index (χ0) is 15.8. The van der Waals surface area contributed by atoms with Crippen LogP contribution in [0.2, 0.25) is 0 Å². The molecule has 0 spiro atoms. The van der Waals surface area contributed by atoms with E-state index in [1.165, 1.54) is 6.07 Å². The van der Waals surface area contributed by atoms with Crippen molar-refractivity contribution < 1.29 is 26.7 Å². The van der Waals surface area contributed by atoms with Crippen molar-refractivity contribution in [1.82, 2.24) is 0 Å². The van der Waals surface area contributed by atoms with E-state index in [0.717, 1.165) is 11.3 Å². The maximum absolute atomic E-state index is 13.5. The Balaban J connectivity index is 2.42. The zero-order valence-electron chi connectivity index (χ0n) is 10.7. The molecule has 0 radical (unpaired) electrons. The highest BCUT2D eigenvalue weighted by molar-refractivity contribution is 7.94. The molecular weight excluding hydrogens is 327 g/mol. The molecule has 0 atom stereocenters. The highest BCUT2D eigenvalue weighted by Gasteiger charge is 2.23. The van der Waals surface area contributed by atoms with Crippen LogP contribution in [-0.4, -0.2) is 13.5 Å². The number of anilines is 1. The van der Waals surface area contributed by atoms with Crippen molar-refractivity contribution >= 4 is 27.0 Å². The molecule has 21 heavy (non-hydrogen) atoms. The minimum Gasteiger partial charge on any atom is -0.391 e. The first-order chi connectivity index (χ1) is 9.74. The van der Waals surface area contributed by atoms with Crippen molar-refractivity contribution in [2.75, 3.05) is 4.72 Å². The summed E-state index contributed by atoms with van der Waals surface area (Å²) in [7, 11) is -4.23. The van der Waals surface area contributed by atoms with Gasteiger partial charge < -0.3 is 5.11 Å². The van der Waals surface area contributed by atoms with Crippen LogP contribution in [0, 0.1) is 24.4 Å². The number of hydrogen-bond donors (Lipinski definition) is 2. The van der Waals surface area contributed by atoms with Crippen molar-refractivity contribution in [3.63, 3.8) is 0 Å². The normalized spacial score (nSPS) is 11.7. The van der Waals surface area contributed by atoms with Gasteiger partial charge in [0.2, 0.25) is 0 Å². The molecule has 9 heteroatoms. The summed E-state index contributed by atoms with van der Waals surface area (Å²) < 4.78 is 65.4. The van der Waals surface area contributed by atoms with E-state index in [0.29, 0.717) is 22.6 Å². The van der Waals surface area contributed by atoms with E-state index in [4.69, 9.17) is 5.11 Å². The topological polar surface area (TPSA) is 66.4 Å². The molecule has 1 aromatic heterocycles. The maximum atomic E-state index is 13.5. The summed E-state index contributed by atoms with van der Waals surface area (Å²) in [6, 6.07) is 2.03. The van der Waals surface area contributed by atoms with Gasteiger partial charge in [0.25, 0.3) is 10.0 Å². The molecule has 0 unspecified atom stereocenters. The van der Waals surface area contributed by atoms with Gasteiger partial charge in [0, 0.05) is 17.0 Å². The van der Waals surface area contributed by atoms with Crippen molar-refractivity contribution in [3.8, 4) is 0 Å².